The fraction of sp³-hybridized carbons (Fsp3) is 0.810. The van der Waals surface area contributed by atoms with Crippen LogP contribution in [0, 0.1) is 29.6 Å². The number of carbonyl (C=O) groups excluding carboxylic acids is 2. The van der Waals surface area contributed by atoms with Crippen LogP contribution in [-0.2, 0) is 14.3 Å². The Morgan fingerprint density at radius 1 is 1.24 bits per heavy atom. The number of carbonyl (C=O) groups is 2. The first-order valence-corrected chi connectivity index (χ1v) is 9.73. The molecule has 0 aliphatic carbocycles. The predicted molar refractivity (Wildman–Crippen MR) is 100.0 cm³/mol. The van der Waals surface area contributed by atoms with Crippen molar-refractivity contribution in [2.75, 3.05) is 0 Å². The van der Waals surface area contributed by atoms with Crippen molar-refractivity contribution in [3.05, 3.63) is 11.6 Å². The van der Waals surface area contributed by atoms with E-state index in [9.17, 15) is 14.7 Å². The Labute approximate surface area is 153 Å². The summed E-state index contributed by atoms with van der Waals surface area (Å²) >= 11 is 0. The normalized spacial score (nSPS) is 26.9. The van der Waals surface area contributed by atoms with E-state index in [1.54, 1.807) is 0 Å². The molecule has 1 saturated heterocycles. The maximum Gasteiger partial charge on any atom is 0.313 e. The van der Waals surface area contributed by atoms with Crippen LogP contribution in [-0.4, -0.2) is 29.1 Å². The summed E-state index contributed by atoms with van der Waals surface area (Å²) in [5, 5.41) is 10.3. The van der Waals surface area contributed by atoms with E-state index in [1.165, 1.54) is 0 Å². The summed E-state index contributed by atoms with van der Waals surface area (Å²) in [6.07, 6.45) is 3.90. The second kappa shape index (κ2) is 9.51. The maximum atomic E-state index is 12.6. The molecule has 4 nitrogen and oxygen atoms in total. The Morgan fingerprint density at radius 3 is 2.32 bits per heavy atom. The minimum absolute atomic E-state index is 0.00185. The van der Waals surface area contributed by atoms with Gasteiger partial charge < -0.3 is 9.84 Å². The highest BCUT2D eigenvalue weighted by molar-refractivity contribution is 5.85. The third-order valence-corrected chi connectivity index (χ3v) is 5.77. The molecule has 1 heterocycles. The van der Waals surface area contributed by atoms with Crippen LogP contribution in [0.2, 0.25) is 0 Å². The summed E-state index contributed by atoms with van der Waals surface area (Å²) in [5.41, 5.74) is 1.14. The number of allylic oxidation sites excluding steroid dienone is 2. The lowest BCUT2D eigenvalue weighted by molar-refractivity contribution is -0.191. The highest BCUT2D eigenvalue weighted by Gasteiger charge is 2.43. The predicted octanol–water partition coefficient (Wildman–Crippen LogP) is 4.16. The van der Waals surface area contributed by atoms with Crippen LogP contribution in [0.25, 0.3) is 0 Å². The van der Waals surface area contributed by atoms with E-state index >= 15 is 0 Å². The van der Waals surface area contributed by atoms with E-state index in [0.29, 0.717) is 0 Å². The van der Waals surface area contributed by atoms with Gasteiger partial charge in [-0.1, -0.05) is 59.6 Å². The van der Waals surface area contributed by atoms with Gasteiger partial charge in [0.1, 0.15) is 11.9 Å². The highest BCUT2D eigenvalue weighted by atomic mass is 16.6. The molecular formula is C21H36O4. The first-order chi connectivity index (χ1) is 11.6. The van der Waals surface area contributed by atoms with Crippen molar-refractivity contribution in [3.63, 3.8) is 0 Å². The summed E-state index contributed by atoms with van der Waals surface area (Å²) in [4.78, 5) is 24.0. The van der Waals surface area contributed by atoms with Crippen LogP contribution in [0.1, 0.15) is 67.7 Å². The molecule has 1 aliphatic rings. The summed E-state index contributed by atoms with van der Waals surface area (Å²) in [6, 6.07) is 0. The monoisotopic (exact) mass is 352 g/mol. The highest BCUT2D eigenvalue weighted by Crippen LogP contribution is 2.34. The van der Waals surface area contributed by atoms with Gasteiger partial charge in [0, 0.05) is 11.8 Å². The van der Waals surface area contributed by atoms with Gasteiger partial charge in [-0.15, -0.1) is 0 Å². The van der Waals surface area contributed by atoms with Gasteiger partial charge in [0.15, 0.2) is 0 Å². The molecule has 0 amide bonds. The molecule has 1 N–H and O–H groups in total. The summed E-state index contributed by atoms with van der Waals surface area (Å²) in [6.45, 7) is 13.9. The third-order valence-electron chi connectivity index (χ3n) is 5.77. The van der Waals surface area contributed by atoms with Gasteiger partial charge in [0.05, 0.1) is 12.0 Å². The topological polar surface area (TPSA) is 63.6 Å². The van der Waals surface area contributed by atoms with Crippen molar-refractivity contribution in [3.8, 4) is 0 Å². The second-order valence-corrected chi connectivity index (χ2v) is 7.97. The van der Waals surface area contributed by atoms with Crippen molar-refractivity contribution in [1.82, 2.24) is 0 Å². The average molecular weight is 353 g/mol. The number of hydrogen-bond donors (Lipinski definition) is 1. The van der Waals surface area contributed by atoms with Gasteiger partial charge in [-0.05, 0) is 31.6 Å². The van der Waals surface area contributed by atoms with Crippen LogP contribution in [0.15, 0.2) is 11.6 Å². The Morgan fingerprint density at radius 2 is 1.84 bits per heavy atom. The van der Waals surface area contributed by atoms with Gasteiger partial charge >= 0.3 is 5.97 Å². The van der Waals surface area contributed by atoms with Gasteiger partial charge in [-0.2, -0.15) is 0 Å². The smallest absolute Gasteiger partial charge is 0.313 e. The Hall–Kier alpha value is -1.16. The largest absolute Gasteiger partial charge is 0.461 e. The van der Waals surface area contributed by atoms with Crippen LogP contribution >= 0.6 is 0 Å². The van der Waals surface area contributed by atoms with Crippen molar-refractivity contribution in [1.29, 1.82) is 0 Å². The number of aliphatic hydroxyl groups is 1. The molecule has 4 heteroatoms. The fourth-order valence-corrected chi connectivity index (χ4v) is 3.80. The fourth-order valence-electron chi connectivity index (χ4n) is 3.80. The molecule has 1 aliphatic heterocycles. The van der Waals surface area contributed by atoms with Crippen molar-refractivity contribution in [2.24, 2.45) is 29.6 Å². The number of ether oxygens (including phenoxy) is 1. The number of aliphatic hydroxyl groups excluding tert-OH is 1. The SMILES string of the molecule is CC[C@@H](C)[C@@H](O)[C@H](C)C(=O)[C@H](C)C=C(C)C[C@H](C)[C@H]1OC(=O)[C@H]1CC. The molecule has 0 aromatic rings. The minimum atomic E-state index is -0.590. The average Bonchev–Trinajstić information content (AvgIpc) is 2.56. The summed E-state index contributed by atoms with van der Waals surface area (Å²) in [5.74, 6) is -0.179. The zero-order chi connectivity index (χ0) is 19.3. The molecule has 144 valence electrons. The molecule has 0 aromatic heterocycles. The molecule has 7 atom stereocenters. The van der Waals surface area contributed by atoms with E-state index in [-0.39, 0.29) is 47.4 Å². The van der Waals surface area contributed by atoms with Crippen molar-refractivity contribution >= 4 is 11.8 Å². The van der Waals surface area contributed by atoms with E-state index in [0.717, 1.165) is 24.8 Å². The lowest BCUT2D eigenvalue weighted by Gasteiger charge is -2.38. The molecule has 1 fully saturated rings. The summed E-state index contributed by atoms with van der Waals surface area (Å²) in [7, 11) is 0. The first kappa shape index (κ1) is 21.9. The maximum absolute atomic E-state index is 12.6. The Balaban J connectivity index is 2.62. The van der Waals surface area contributed by atoms with Crippen LogP contribution in [0.3, 0.4) is 0 Å². The van der Waals surface area contributed by atoms with Crippen LogP contribution in [0.4, 0.5) is 0 Å². The quantitative estimate of drug-likeness (QED) is 0.474. The molecule has 25 heavy (non-hydrogen) atoms. The van der Waals surface area contributed by atoms with E-state index in [2.05, 4.69) is 6.92 Å². The van der Waals surface area contributed by atoms with E-state index in [1.807, 2.05) is 47.6 Å². The van der Waals surface area contributed by atoms with Crippen molar-refractivity contribution < 1.29 is 19.4 Å². The third kappa shape index (κ3) is 5.40. The minimum Gasteiger partial charge on any atom is -0.461 e. The lowest BCUT2D eigenvalue weighted by atomic mass is 9.81. The Bertz CT molecular complexity index is 496. The lowest BCUT2D eigenvalue weighted by Crippen LogP contribution is -2.48. The zero-order valence-electron chi connectivity index (χ0n) is 16.9. The standard InChI is InChI=1S/C21H36O4/c1-8-13(4)18(22)16(7)19(23)14(5)10-12(3)11-15(6)20-17(9-2)21(24)25-20/h10,13-18,20,22H,8-9,11H2,1-7H3/t13-,14-,15+,16+,17+,18-,20-/m1/s1. The van der Waals surface area contributed by atoms with Gasteiger partial charge in [0.2, 0.25) is 0 Å². The van der Waals surface area contributed by atoms with E-state index in [4.69, 9.17) is 4.74 Å². The molecule has 0 spiro atoms. The Kier molecular flexibility index (Phi) is 8.33. The van der Waals surface area contributed by atoms with Crippen LogP contribution < -0.4 is 0 Å². The number of hydrogen-bond acceptors (Lipinski definition) is 4. The molecular weight excluding hydrogens is 316 g/mol. The zero-order valence-corrected chi connectivity index (χ0v) is 16.9. The van der Waals surface area contributed by atoms with Gasteiger partial charge in [0.25, 0.3) is 0 Å². The van der Waals surface area contributed by atoms with Gasteiger partial charge in [-0.25, -0.2) is 0 Å². The number of Topliss-reactive ketones (excluding diaryl/α,β-unsaturated/α-hetero) is 1. The van der Waals surface area contributed by atoms with Crippen LogP contribution in [0.5, 0.6) is 0 Å². The number of rotatable bonds is 10. The molecule has 0 aromatic carbocycles. The number of esters is 1. The molecule has 0 unspecified atom stereocenters. The number of cyclic esters (lactones) is 1. The van der Waals surface area contributed by atoms with Crippen molar-refractivity contribution in [2.45, 2.75) is 79.9 Å². The van der Waals surface area contributed by atoms with E-state index < -0.39 is 6.10 Å². The number of ketones is 1. The summed E-state index contributed by atoms with van der Waals surface area (Å²) < 4.78 is 5.30. The molecule has 0 radical (unpaired) electrons. The molecule has 0 bridgehead atoms. The molecule has 0 saturated carbocycles. The first-order valence-electron chi connectivity index (χ1n) is 9.73. The second-order valence-electron chi connectivity index (χ2n) is 7.97. The molecule has 1 rings (SSSR count). The van der Waals surface area contributed by atoms with Gasteiger partial charge in [-0.3, -0.25) is 9.59 Å².